The quantitative estimate of drug-likeness (QED) is 0.634. The molecule has 0 radical (unpaired) electrons. The first-order valence-corrected chi connectivity index (χ1v) is 13.8. The first-order chi connectivity index (χ1) is 16.6. The van der Waals surface area contributed by atoms with Crippen molar-refractivity contribution >= 4 is 16.8 Å². The van der Waals surface area contributed by atoms with Crippen molar-refractivity contribution in [3.8, 4) is 5.75 Å². The summed E-state index contributed by atoms with van der Waals surface area (Å²) in [5.41, 5.74) is 1.62. The van der Waals surface area contributed by atoms with E-state index in [4.69, 9.17) is 4.74 Å². The highest BCUT2D eigenvalue weighted by Crippen LogP contribution is 2.68. The largest absolute Gasteiger partial charge is 0.497 e. The normalized spacial score (nSPS) is 42.8. The van der Waals surface area contributed by atoms with Crippen molar-refractivity contribution in [2.45, 2.75) is 90.7 Å². The Morgan fingerprint density at radius 1 is 1.06 bits per heavy atom. The molecule has 4 aliphatic carbocycles. The predicted octanol–water partition coefficient (Wildman–Crippen LogP) is 5.42. The van der Waals surface area contributed by atoms with Gasteiger partial charge >= 0.3 is 0 Å². The zero-order valence-electron chi connectivity index (χ0n) is 21.8. The van der Waals surface area contributed by atoms with E-state index in [1.165, 1.54) is 25.7 Å². The van der Waals surface area contributed by atoms with E-state index in [0.29, 0.717) is 29.6 Å². The van der Waals surface area contributed by atoms with Crippen LogP contribution in [0.5, 0.6) is 5.75 Å². The third-order valence-electron chi connectivity index (χ3n) is 11.4. The summed E-state index contributed by atoms with van der Waals surface area (Å²) in [6.45, 7) is 7.29. The van der Waals surface area contributed by atoms with Crippen LogP contribution in [0, 0.1) is 40.4 Å². The summed E-state index contributed by atoms with van der Waals surface area (Å²) in [6, 6.07) is 5.71. The van der Waals surface area contributed by atoms with Gasteiger partial charge in [-0.15, -0.1) is 5.10 Å². The first kappa shape index (κ1) is 23.4. The maximum absolute atomic E-state index is 13.7. The molecule has 6 nitrogen and oxygen atoms in total. The van der Waals surface area contributed by atoms with Crippen molar-refractivity contribution in [2.24, 2.45) is 40.4 Å². The van der Waals surface area contributed by atoms with Crippen LogP contribution in [0.3, 0.4) is 0 Å². The Morgan fingerprint density at radius 3 is 2.66 bits per heavy atom. The number of aliphatic hydroxyl groups is 1. The van der Waals surface area contributed by atoms with Gasteiger partial charge in [-0.1, -0.05) is 19.1 Å². The molecule has 0 aliphatic heterocycles. The molecule has 6 heteroatoms. The van der Waals surface area contributed by atoms with E-state index in [1.807, 2.05) is 25.1 Å². The third kappa shape index (κ3) is 3.57. The number of ether oxygens (including phenoxy) is 1. The van der Waals surface area contributed by atoms with Crippen molar-refractivity contribution in [2.75, 3.05) is 7.11 Å². The lowest BCUT2D eigenvalue weighted by Gasteiger charge is -2.61. The lowest BCUT2D eigenvalue weighted by molar-refractivity contribution is -0.151. The lowest BCUT2D eigenvalue weighted by Crippen LogP contribution is -2.55. The second kappa shape index (κ2) is 8.03. The van der Waals surface area contributed by atoms with Gasteiger partial charge in [-0.25, -0.2) is 4.68 Å². The van der Waals surface area contributed by atoms with Crippen molar-refractivity contribution in [3.63, 3.8) is 0 Å². The van der Waals surface area contributed by atoms with Gasteiger partial charge in [0.2, 0.25) is 0 Å². The highest BCUT2D eigenvalue weighted by molar-refractivity contribution is 5.84. The zero-order valence-corrected chi connectivity index (χ0v) is 21.8. The van der Waals surface area contributed by atoms with Crippen LogP contribution in [-0.2, 0) is 11.3 Å². The van der Waals surface area contributed by atoms with Gasteiger partial charge in [0.1, 0.15) is 17.8 Å². The summed E-state index contributed by atoms with van der Waals surface area (Å²) in [7, 11) is 1.65. The summed E-state index contributed by atoms with van der Waals surface area (Å²) in [5, 5.41) is 19.3. The number of rotatable bonds is 4. The van der Waals surface area contributed by atoms with E-state index in [-0.39, 0.29) is 11.3 Å². The number of benzene rings is 1. The van der Waals surface area contributed by atoms with Crippen molar-refractivity contribution in [1.82, 2.24) is 15.0 Å². The standard InChI is InChI=1S/C29H41N3O3/c1-27(34)13-14-28(2)18(16-27)5-7-20-21-8-9-23(29(21,3)12-11-22(20)28)26(33)17-32-25-15-19(35-4)6-10-24(25)30-31-32/h6,10,15,18,20-23,34H,5,7-9,11-14,16-17H2,1-4H3/t18-,20-,21-,22-,23+,27+,28-,29-/m0/s1. The molecule has 4 aliphatic rings. The number of nitrogens with zero attached hydrogens (tertiary/aromatic N) is 3. The second-order valence-corrected chi connectivity index (χ2v) is 13.1. The van der Waals surface area contributed by atoms with Gasteiger partial charge in [-0.05, 0) is 111 Å². The summed E-state index contributed by atoms with van der Waals surface area (Å²) in [6.07, 6.45) is 10.1. The molecule has 8 atom stereocenters. The Kier molecular flexibility index (Phi) is 5.38. The summed E-state index contributed by atoms with van der Waals surface area (Å²) < 4.78 is 7.14. The highest BCUT2D eigenvalue weighted by atomic mass is 16.5. The van der Waals surface area contributed by atoms with Crippen molar-refractivity contribution in [3.05, 3.63) is 18.2 Å². The van der Waals surface area contributed by atoms with E-state index in [2.05, 4.69) is 24.2 Å². The number of carbonyl (C=O) groups excluding carboxylic acids is 1. The fourth-order valence-electron chi connectivity index (χ4n) is 9.41. The maximum Gasteiger partial charge on any atom is 0.157 e. The highest BCUT2D eigenvalue weighted by Gasteiger charge is 2.61. The van der Waals surface area contributed by atoms with Crippen LogP contribution in [0.25, 0.3) is 11.0 Å². The van der Waals surface area contributed by atoms with E-state index in [1.54, 1.807) is 11.8 Å². The van der Waals surface area contributed by atoms with Gasteiger partial charge in [-0.2, -0.15) is 0 Å². The molecule has 6 rings (SSSR count). The molecular weight excluding hydrogens is 438 g/mol. The maximum atomic E-state index is 13.7. The predicted molar refractivity (Wildman–Crippen MR) is 135 cm³/mol. The lowest BCUT2D eigenvalue weighted by atomic mass is 9.44. The Bertz CT molecular complexity index is 1140. The Hall–Kier alpha value is -1.95. The minimum atomic E-state index is -0.486. The summed E-state index contributed by atoms with van der Waals surface area (Å²) >= 11 is 0. The van der Waals surface area contributed by atoms with E-state index >= 15 is 0 Å². The molecule has 0 saturated heterocycles. The van der Waals surface area contributed by atoms with Gasteiger partial charge in [0.15, 0.2) is 5.78 Å². The van der Waals surface area contributed by atoms with E-state index in [0.717, 1.165) is 60.7 Å². The van der Waals surface area contributed by atoms with Crippen LogP contribution in [0.4, 0.5) is 0 Å². The summed E-state index contributed by atoms with van der Waals surface area (Å²) in [5.74, 6) is 3.94. The molecule has 2 aromatic rings. The number of carbonyl (C=O) groups is 1. The molecule has 4 fully saturated rings. The van der Waals surface area contributed by atoms with E-state index in [9.17, 15) is 9.90 Å². The molecule has 0 amide bonds. The zero-order chi connectivity index (χ0) is 24.6. The topological polar surface area (TPSA) is 77.2 Å². The van der Waals surface area contributed by atoms with Gasteiger partial charge in [0, 0.05) is 12.0 Å². The number of methoxy groups -OCH3 is 1. The third-order valence-corrected chi connectivity index (χ3v) is 11.4. The average Bonchev–Trinajstić information content (AvgIpc) is 3.39. The van der Waals surface area contributed by atoms with Crippen LogP contribution in [0.2, 0.25) is 0 Å². The molecule has 35 heavy (non-hydrogen) atoms. The number of hydrogen-bond donors (Lipinski definition) is 1. The molecule has 4 saturated carbocycles. The Balaban J connectivity index is 1.22. The van der Waals surface area contributed by atoms with Crippen molar-refractivity contribution in [1.29, 1.82) is 0 Å². The monoisotopic (exact) mass is 479 g/mol. The number of aromatic nitrogens is 3. The van der Waals surface area contributed by atoms with Crippen LogP contribution in [-0.4, -0.2) is 38.6 Å². The molecular formula is C29H41N3O3. The van der Waals surface area contributed by atoms with Crippen molar-refractivity contribution < 1.29 is 14.6 Å². The number of ketones is 1. The molecule has 1 heterocycles. The van der Waals surface area contributed by atoms with Gasteiger partial charge in [-0.3, -0.25) is 4.79 Å². The molecule has 0 spiro atoms. The van der Waals surface area contributed by atoms with Crippen LogP contribution >= 0.6 is 0 Å². The number of fused-ring (bicyclic) bond motifs is 6. The Morgan fingerprint density at radius 2 is 1.86 bits per heavy atom. The molecule has 0 bridgehead atoms. The fourth-order valence-corrected chi connectivity index (χ4v) is 9.41. The smallest absolute Gasteiger partial charge is 0.157 e. The van der Waals surface area contributed by atoms with Crippen LogP contribution < -0.4 is 4.74 Å². The number of Topliss-reactive ketones (excluding diaryl/α,β-unsaturated/α-hetero) is 1. The van der Waals surface area contributed by atoms with Gasteiger partial charge in [0.25, 0.3) is 0 Å². The molecule has 1 aromatic carbocycles. The second-order valence-electron chi connectivity index (χ2n) is 13.1. The summed E-state index contributed by atoms with van der Waals surface area (Å²) in [4.78, 5) is 13.7. The first-order valence-electron chi connectivity index (χ1n) is 13.8. The SMILES string of the molecule is COc1ccc2nnn(CC(=O)[C@H]3CC[C@H]4[C@@H]5CC[C@H]6C[C@](C)(O)CC[C@]6(C)[C@H]5CC[C@]34C)c2c1. The number of hydrogen-bond acceptors (Lipinski definition) is 5. The van der Waals surface area contributed by atoms with Crippen LogP contribution in [0.15, 0.2) is 18.2 Å². The fraction of sp³-hybridized carbons (Fsp3) is 0.759. The van der Waals surface area contributed by atoms with E-state index < -0.39 is 5.60 Å². The van der Waals surface area contributed by atoms with Gasteiger partial charge in [0.05, 0.1) is 18.2 Å². The van der Waals surface area contributed by atoms with Gasteiger partial charge < -0.3 is 9.84 Å². The minimum Gasteiger partial charge on any atom is -0.497 e. The minimum absolute atomic E-state index is 0.0929. The molecule has 1 N–H and O–H groups in total. The molecule has 1 aromatic heterocycles. The Labute approximate surface area is 208 Å². The molecule has 190 valence electrons. The average molecular weight is 480 g/mol. The molecule has 0 unspecified atom stereocenters. The van der Waals surface area contributed by atoms with Crippen LogP contribution in [0.1, 0.15) is 78.6 Å².